The van der Waals surface area contributed by atoms with Gasteiger partial charge in [-0.2, -0.15) is 5.38 Å². The number of benzene rings is 1. The summed E-state index contributed by atoms with van der Waals surface area (Å²) in [5.41, 5.74) is 1.73. The molecule has 6 heteroatoms. The fourth-order valence-electron chi connectivity index (χ4n) is 2.17. The van der Waals surface area contributed by atoms with Crippen LogP contribution in [0.25, 0.3) is 0 Å². The molecule has 0 aliphatic rings. The molecule has 0 saturated carbocycles. The topological polar surface area (TPSA) is 38.7 Å². The van der Waals surface area contributed by atoms with E-state index in [1.54, 1.807) is 11.3 Å². The quantitative estimate of drug-likeness (QED) is 0.387. The molecular weight excluding hydrogens is 499 g/mol. The van der Waals surface area contributed by atoms with E-state index < -0.39 is 0 Å². The molecule has 3 nitrogen and oxygen atoms in total. The van der Waals surface area contributed by atoms with Crippen molar-refractivity contribution < 1.29 is 56.5 Å². The fraction of sp³-hybridized carbons (Fsp3) is 0.444. The second kappa shape index (κ2) is 11.6. The summed E-state index contributed by atoms with van der Waals surface area (Å²) in [5.74, 6) is -0.186. The Morgan fingerprint density at radius 2 is 2.12 bits per heavy atom. The van der Waals surface area contributed by atoms with Crippen molar-refractivity contribution in [3.8, 4) is 0 Å². The van der Waals surface area contributed by atoms with Gasteiger partial charge in [0.25, 0.3) is 0 Å². The predicted molar refractivity (Wildman–Crippen MR) is 96.2 cm³/mol. The van der Waals surface area contributed by atoms with Crippen LogP contribution in [0.2, 0.25) is 0 Å². The van der Waals surface area contributed by atoms with Gasteiger partial charge in [-0.1, -0.05) is 42.8 Å². The van der Waals surface area contributed by atoms with Gasteiger partial charge in [0.1, 0.15) is 0 Å². The maximum atomic E-state index is 12.1. The normalized spacial score (nSPS) is 12.5. The minimum Gasteiger partial charge on any atom is -0.462 e. The van der Waals surface area contributed by atoms with Crippen molar-refractivity contribution in [1.29, 1.82) is 0 Å². The average molecular weight is 522 g/mol. The van der Waals surface area contributed by atoms with Gasteiger partial charge in [-0.25, -0.2) is 11.3 Å². The van der Waals surface area contributed by atoms with Crippen LogP contribution in [-0.2, 0) is 16.0 Å². The van der Waals surface area contributed by atoms with E-state index in [1.165, 1.54) is 11.3 Å². The Kier molecular flexibility index (Phi) is 10.7. The molecule has 0 bridgehead atoms. The van der Waals surface area contributed by atoms with Gasteiger partial charge < -0.3 is 21.1 Å². The molecule has 0 saturated heterocycles. The van der Waals surface area contributed by atoms with Crippen molar-refractivity contribution in [2.24, 2.45) is 4.99 Å². The number of carbonyl (C=O) groups is 1. The molecule has 1 aromatic carbocycles. The van der Waals surface area contributed by atoms with Gasteiger partial charge in [-0.3, -0.25) is 4.79 Å². The fourth-order valence-corrected chi connectivity index (χ4v) is 3.91. The smallest absolute Gasteiger partial charge is 0.310 e. The summed E-state index contributed by atoms with van der Waals surface area (Å²) in [6.07, 6.45) is 3.34. The molecule has 0 fully saturated rings. The second-order valence-electron chi connectivity index (χ2n) is 5.49. The van der Waals surface area contributed by atoms with Crippen molar-refractivity contribution in [3.05, 3.63) is 44.1 Å². The number of hydrogen-bond donors (Lipinski definition) is 0. The molecular formula is C18H22NO2S2Yb-. The summed E-state index contributed by atoms with van der Waals surface area (Å²) in [5, 5.41) is 3.17. The van der Waals surface area contributed by atoms with E-state index in [-0.39, 0.29) is 65.4 Å². The third kappa shape index (κ3) is 7.52. The van der Waals surface area contributed by atoms with Crippen LogP contribution in [0, 0.1) is 59.2 Å². The third-order valence-corrected chi connectivity index (χ3v) is 5.33. The SMILES string of the molecule is CCCCC(C)OC(=O)Cc1ccccc1N=c1s[c-]c(C)s1.[Yb]. The number of carbonyl (C=O) groups excluding carboxylic acids is 1. The molecule has 24 heavy (non-hydrogen) atoms. The summed E-state index contributed by atoms with van der Waals surface area (Å²) in [4.78, 5) is 17.9. The van der Waals surface area contributed by atoms with Gasteiger partial charge >= 0.3 is 5.97 Å². The molecule has 2 rings (SSSR count). The van der Waals surface area contributed by atoms with E-state index in [2.05, 4.69) is 17.3 Å². The first-order chi connectivity index (χ1) is 11.1. The van der Waals surface area contributed by atoms with E-state index in [0.717, 1.165) is 39.4 Å². The van der Waals surface area contributed by atoms with Crippen molar-refractivity contribution >= 4 is 34.3 Å². The molecule has 0 aliphatic heterocycles. The van der Waals surface area contributed by atoms with Crippen molar-refractivity contribution in [2.75, 3.05) is 0 Å². The molecule has 0 N–H and O–H groups in total. The molecule has 1 unspecified atom stereocenters. The van der Waals surface area contributed by atoms with Crippen molar-refractivity contribution in [1.82, 2.24) is 0 Å². The number of ether oxygens (including phenoxy) is 1. The first-order valence-corrected chi connectivity index (χ1v) is 9.52. The van der Waals surface area contributed by atoms with E-state index in [1.807, 2.05) is 38.1 Å². The molecule has 1 atom stereocenters. The predicted octanol–water partition coefficient (Wildman–Crippen LogP) is 4.82. The summed E-state index contributed by atoms with van der Waals surface area (Å²) in [6, 6.07) is 7.74. The Labute approximate surface area is 190 Å². The van der Waals surface area contributed by atoms with E-state index in [4.69, 9.17) is 4.74 Å². The zero-order valence-electron chi connectivity index (χ0n) is 14.1. The van der Waals surface area contributed by atoms with Crippen molar-refractivity contribution in [3.63, 3.8) is 0 Å². The maximum absolute atomic E-state index is 12.1. The molecule has 1 heterocycles. The van der Waals surface area contributed by atoms with Crippen LogP contribution < -0.4 is 3.98 Å². The van der Waals surface area contributed by atoms with Crippen LogP contribution in [0.3, 0.4) is 0 Å². The summed E-state index contributed by atoms with van der Waals surface area (Å²) in [6.45, 7) is 6.11. The number of hydrogen-bond acceptors (Lipinski definition) is 5. The Bertz CT molecular complexity index is 709. The molecule has 0 aliphatic carbocycles. The van der Waals surface area contributed by atoms with Crippen LogP contribution in [0.5, 0.6) is 0 Å². The van der Waals surface area contributed by atoms with Crippen LogP contribution >= 0.6 is 22.7 Å². The van der Waals surface area contributed by atoms with Gasteiger partial charge in [0.15, 0.2) is 0 Å². The standard InChI is InChI=1S/C18H22NO2S2.Yb/c1-4-5-8-13(2)21-17(20)11-15-9-6-7-10-16(15)19-18-22-12-14(3)23-18;/h6-7,9-10,13H,4-5,8,11H2,1-3H3;/q-1;. The van der Waals surface area contributed by atoms with Gasteiger partial charge in [-0.05, 0) is 31.9 Å². The van der Waals surface area contributed by atoms with Gasteiger partial charge in [0.2, 0.25) is 0 Å². The number of esters is 1. The van der Waals surface area contributed by atoms with Gasteiger partial charge in [0, 0.05) is 56.6 Å². The molecule has 1 aromatic heterocycles. The zero-order chi connectivity index (χ0) is 16.7. The number of rotatable bonds is 7. The molecule has 0 spiro atoms. The molecule has 0 radical (unpaired) electrons. The third-order valence-electron chi connectivity index (χ3n) is 3.36. The van der Waals surface area contributed by atoms with E-state index >= 15 is 0 Å². The average Bonchev–Trinajstić information content (AvgIpc) is 2.92. The molecule has 138 valence electrons. The van der Waals surface area contributed by atoms with Crippen LogP contribution in [0.4, 0.5) is 5.69 Å². The summed E-state index contributed by atoms with van der Waals surface area (Å²) >= 11 is 3.11. The Morgan fingerprint density at radius 3 is 2.79 bits per heavy atom. The minimum absolute atomic E-state index is 0. The van der Waals surface area contributed by atoms with Crippen LogP contribution in [-0.4, -0.2) is 12.1 Å². The van der Waals surface area contributed by atoms with Crippen LogP contribution in [0.15, 0.2) is 29.3 Å². The summed E-state index contributed by atoms with van der Waals surface area (Å²) < 4.78 is 6.43. The van der Waals surface area contributed by atoms with E-state index in [9.17, 15) is 4.79 Å². The zero-order valence-corrected chi connectivity index (χ0v) is 17.4. The number of nitrogens with zero attached hydrogens (tertiary/aromatic N) is 1. The Balaban J connectivity index is 0.00000288. The first-order valence-electron chi connectivity index (χ1n) is 7.88. The van der Waals surface area contributed by atoms with Gasteiger partial charge in [-0.15, -0.1) is 0 Å². The number of unbranched alkanes of at least 4 members (excludes halogenated alkanes) is 1. The minimum atomic E-state index is -0.186. The van der Waals surface area contributed by atoms with Crippen LogP contribution in [0.1, 0.15) is 43.6 Å². The monoisotopic (exact) mass is 522 g/mol. The maximum Gasteiger partial charge on any atom is 0.310 e. The largest absolute Gasteiger partial charge is 0.462 e. The van der Waals surface area contributed by atoms with Crippen molar-refractivity contribution in [2.45, 2.75) is 52.6 Å². The second-order valence-corrected chi connectivity index (χ2v) is 7.74. The number of aryl methyl sites for hydroxylation is 1. The Morgan fingerprint density at radius 1 is 1.38 bits per heavy atom. The number of para-hydroxylation sites is 1. The first kappa shape index (κ1) is 22.1. The molecule has 0 amide bonds. The van der Waals surface area contributed by atoms with Gasteiger partial charge in [0.05, 0.1) is 12.5 Å². The van der Waals surface area contributed by atoms with E-state index in [0.29, 0.717) is 0 Å². The Hall–Kier alpha value is 0.0595. The summed E-state index contributed by atoms with van der Waals surface area (Å²) in [7, 11) is 0. The molecule has 2 aromatic rings.